The minimum absolute atomic E-state index is 0.0863. The van der Waals surface area contributed by atoms with Crippen LogP contribution in [0.4, 0.5) is 0 Å². The summed E-state index contributed by atoms with van der Waals surface area (Å²) in [5, 5.41) is 0. The molecule has 1 heterocycles. The summed E-state index contributed by atoms with van der Waals surface area (Å²) in [5.74, 6) is 6.56. The Hall–Kier alpha value is -1.58. The Kier molecular flexibility index (Phi) is 4.18. The van der Waals surface area contributed by atoms with Crippen LogP contribution in [0, 0.1) is 6.92 Å². The van der Waals surface area contributed by atoms with Crippen molar-refractivity contribution in [1.29, 1.82) is 0 Å². The SMILES string of the molecule is CCCc1cccc(C(NN)c2occc2C)c1. The van der Waals surface area contributed by atoms with Crippen LogP contribution in [0.2, 0.25) is 0 Å². The van der Waals surface area contributed by atoms with Gasteiger partial charge in [0.05, 0.1) is 6.26 Å². The van der Waals surface area contributed by atoms with Crippen molar-refractivity contribution in [1.82, 2.24) is 5.43 Å². The number of nitrogens with one attached hydrogen (secondary N) is 1. The normalized spacial score (nSPS) is 12.6. The van der Waals surface area contributed by atoms with E-state index in [1.54, 1.807) is 6.26 Å². The zero-order chi connectivity index (χ0) is 13.0. The van der Waals surface area contributed by atoms with E-state index in [2.05, 4.69) is 36.6 Å². The maximum Gasteiger partial charge on any atom is 0.129 e. The van der Waals surface area contributed by atoms with Crippen LogP contribution in [0.3, 0.4) is 0 Å². The van der Waals surface area contributed by atoms with Crippen LogP contribution < -0.4 is 11.3 Å². The second-order valence-corrected chi connectivity index (χ2v) is 4.56. The second-order valence-electron chi connectivity index (χ2n) is 4.56. The van der Waals surface area contributed by atoms with Gasteiger partial charge in [-0.15, -0.1) is 0 Å². The summed E-state index contributed by atoms with van der Waals surface area (Å²) in [6, 6.07) is 10.4. The van der Waals surface area contributed by atoms with E-state index in [0.29, 0.717) is 0 Å². The van der Waals surface area contributed by atoms with Gasteiger partial charge >= 0.3 is 0 Å². The van der Waals surface area contributed by atoms with Crippen molar-refractivity contribution in [2.24, 2.45) is 5.84 Å². The number of aryl methyl sites for hydroxylation is 2. The van der Waals surface area contributed by atoms with E-state index < -0.39 is 0 Å². The Morgan fingerprint density at radius 2 is 2.17 bits per heavy atom. The van der Waals surface area contributed by atoms with Crippen LogP contribution in [0.1, 0.15) is 41.8 Å². The lowest BCUT2D eigenvalue weighted by atomic mass is 9.99. The Morgan fingerprint density at radius 3 is 2.78 bits per heavy atom. The summed E-state index contributed by atoms with van der Waals surface area (Å²) in [6.07, 6.45) is 3.93. The number of nitrogens with two attached hydrogens (primary N) is 1. The highest BCUT2D eigenvalue weighted by Gasteiger charge is 2.17. The van der Waals surface area contributed by atoms with E-state index in [-0.39, 0.29) is 6.04 Å². The van der Waals surface area contributed by atoms with Crippen molar-refractivity contribution < 1.29 is 4.42 Å². The Morgan fingerprint density at radius 1 is 1.33 bits per heavy atom. The highest BCUT2D eigenvalue weighted by atomic mass is 16.3. The lowest BCUT2D eigenvalue weighted by molar-refractivity contribution is 0.449. The van der Waals surface area contributed by atoms with E-state index in [1.807, 2.05) is 13.0 Å². The van der Waals surface area contributed by atoms with Crippen LogP contribution in [0.25, 0.3) is 0 Å². The fourth-order valence-corrected chi connectivity index (χ4v) is 2.22. The number of rotatable bonds is 5. The molecule has 0 spiro atoms. The van der Waals surface area contributed by atoms with E-state index in [0.717, 1.165) is 29.7 Å². The summed E-state index contributed by atoms with van der Waals surface area (Å²) in [4.78, 5) is 0. The molecule has 2 rings (SSSR count). The molecule has 0 aliphatic heterocycles. The molecule has 1 aromatic heterocycles. The van der Waals surface area contributed by atoms with Gasteiger partial charge in [0.25, 0.3) is 0 Å². The highest BCUT2D eigenvalue weighted by Crippen LogP contribution is 2.25. The zero-order valence-electron chi connectivity index (χ0n) is 10.9. The fraction of sp³-hybridized carbons (Fsp3) is 0.333. The van der Waals surface area contributed by atoms with Gasteiger partial charge in [0, 0.05) is 0 Å². The second kappa shape index (κ2) is 5.85. The molecule has 1 unspecified atom stereocenters. The zero-order valence-corrected chi connectivity index (χ0v) is 10.9. The molecule has 3 nitrogen and oxygen atoms in total. The Bertz CT molecular complexity index is 505. The molecule has 0 radical (unpaired) electrons. The van der Waals surface area contributed by atoms with Crippen molar-refractivity contribution in [3.63, 3.8) is 0 Å². The quantitative estimate of drug-likeness (QED) is 0.627. The van der Waals surface area contributed by atoms with Crippen molar-refractivity contribution in [2.75, 3.05) is 0 Å². The van der Waals surface area contributed by atoms with Gasteiger partial charge in [0.1, 0.15) is 11.8 Å². The lowest BCUT2D eigenvalue weighted by Crippen LogP contribution is -2.29. The molecular formula is C15H20N2O. The predicted octanol–water partition coefficient (Wildman–Crippen LogP) is 3.09. The number of furan rings is 1. The molecule has 3 N–H and O–H groups in total. The Balaban J connectivity index is 2.33. The first kappa shape index (κ1) is 12.9. The van der Waals surface area contributed by atoms with Gasteiger partial charge in [-0.25, -0.2) is 5.43 Å². The summed E-state index contributed by atoms with van der Waals surface area (Å²) < 4.78 is 5.53. The van der Waals surface area contributed by atoms with E-state index in [1.165, 1.54) is 5.56 Å². The number of hydrazine groups is 1. The molecule has 0 saturated heterocycles. The maximum atomic E-state index is 5.68. The molecule has 2 aromatic rings. The van der Waals surface area contributed by atoms with Gasteiger partial charge in [0.2, 0.25) is 0 Å². The third-order valence-electron chi connectivity index (χ3n) is 3.15. The molecule has 0 amide bonds. The van der Waals surface area contributed by atoms with Gasteiger partial charge in [-0.2, -0.15) is 0 Å². The highest BCUT2D eigenvalue weighted by molar-refractivity contribution is 5.33. The first-order valence-electron chi connectivity index (χ1n) is 6.35. The van der Waals surface area contributed by atoms with Crippen LogP contribution in [-0.2, 0) is 6.42 Å². The van der Waals surface area contributed by atoms with E-state index >= 15 is 0 Å². The summed E-state index contributed by atoms with van der Waals surface area (Å²) in [7, 11) is 0. The van der Waals surface area contributed by atoms with Gasteiger partial charge in [0.15, 0.2) is 0 Å². The van der Waals surface area contributed by atoms with Crippen LogP contribution in [0.5, 0.6) is 0 Å². The molecule has 0 bridgehead atoms. The average Bonchev–Trinajstić information content (AvgIpc) is 2.78. The van der Waals surface area contributed by atoms with E-state index in [4.69, 9.17) is 10.3 Å². The molecule has 96 valence electrons. The maximum absolute atomic E-state index is 5.68. The van der Waals surface area contributed by atoms with Crippen molar-refractivity contribution in [3.8, 4) is 0 Å². The molecule has 0 aliphatic carbocycles. The van der Waals surface area contributed by atoms with Gasteiger partial charge in [-0.1, -0.05) is 37.6 Å². The van der Waals surface area contributed by atoms with Crippen molar-refractivity contribution >= 4 is 0 Å². The lowest BCUT2D eigenvalue weighted by Gasteiger charge is -2.16. The third-order valence-corrected chi connectivity index (χ3v) is 3.15. The minimum Gasteiger partial charge on any atom is -0.467 e. The Labute approximate surface area is 108 Å². The molecule has 1 aromatic carbocycles. The number of hydrogen-bond acceptors (Lipinski definition) is 3. The molecular weight excluding hydrogens is 224 g/mol. The molecule has 3 heteroatoms. The van der Waals surface area contributed by atoms with E-state index in [9.17, 15) is 0 Å². The number of hydrogen-bond donors (Lipinski definition) is 2. The monoisotopic (exact) mass is 244 g/mol. The standard InChI is InChI=1S/C15H20N2O/c1-3-5-12-6-4-7-13(10-12)14(17-16)15-11(2)8-9-18-15/h4,6-10,14,17H,3,5,16H2,1-2H3. The van der Waals surface area contributed by atoms with Crippen molar-refractivity contribution in [3.05, 3.63) is 59.0 Å². The summed E-state index contributed by atoms with van der Waals surface area (Å²) in [6.45, 7) is 4.21. The smallest absolute Gasteiger partial charge is 0.129 e. The van der Waals surface area contributed by atoms with Crippen LogP contribution in [-0.4, -0.2) is 0 Å². The van der Waals surface area contributed by atoms with Gasteiger partial charge in [-0.05, 0) is 36.1 Å². The summed E-state index contributed by atoms with van der Waals surface area (Å²) >= 11 is 0. The number of benzene rings is 1. The average molecular weight is 244 g/mol. The summed E-state index contributed by atoms with van der Waals surface area (Å²) in [5.41, 5.74) is 6.42. The predicted molar refractivity (Wildman–Crippen MR) is 73.0 cm³/mol. The first-order valence-corrected chi connectivity index (χ1v) is 6.35. The third kappa shape index (κ3) is 2.63. The van der Waals surface area contributed by atoms with Crippen LogP contribution >= 0.6 is 0 Å². The van der Waals surface area contributed by atoms with Crippen LogP contribution in [0.15, 0.2) is 41.0 Å². The minimum atomic E-state index is -0.0863. The van der Waals surface area contributed by atoms with Gasteiger partial charge < -0.3 is 4.42 Å². The molecule has 0 fully saturated rings. The van der Waals surface area contributed by atoms with Gasteiger partial charge in [-0.3, -0.25) is 5.84 Å². The molecule has 1 atom stereocenters. The molecule has 0 saturated carbocycles. The fourth-order valence-electron chi connectivity index (χ4n) is 2.22. The first-order chi connectivity index (χ1) is 8.76. The topological polar surface area (TPSA) is 51.2 Å². The molecule has 18 heavy (non-hydrogen) atoms. The van der Waals surface area contributed by atoms with Crippen molar-refractivity contribution in [2.45, 2.75) is 32.7 Å². The molecule has 0 aliphatic rings. The largest absolute Gasteiger partial charge is 0.467 e.